The first-order valence-electron chi connectivity index (χ1n) is 7.52. The van der Waals surface area contributed by atoms with Crippen molar-refractivity contribution >= 4 is 11.6 Å². The van der Waals surface area contributed by atoms with Crippen molar-refractivity contribution in [1.82, 2.24) is 5.32 Å². The second-order valence-corrected chi connectivity index (χ2v) is 6.41. The summed E-state index contributed by atoms with van der Waals surface area (Å²) in [6.07, 6.45) is 6.56. The molecule has 0 amide bonds. The fourth-order valence-electron chi connectivity index (χ4n) is 3.12. The van der Waals surface area contributed by atoms with Gasteiger partial charge in [-0.1, -0.05) is 30.7 Å². The molecule has 1 aromatic rings. The Hall–Kier alpha value is -1.04. The third kappa shape index (κ3) is 3.98. The van der Waals surface area contributed by atoms with Gasteiger partial charge in [0.15, 0.2) is 0 Å². The fourth-order valence-corrected chi connectivity index (χ4v) is 3.25. The molecule has 0 spiro atoms. The molecule has 1 fully saturated rings. The van der Waals surface area contributed by atoms with Crippen LogP contribution >= 0.6 is 11.6 Å². The van der Waals surface area contributed by atoms with Gasteiger partial charge in [0.25, 0.3) is 0 Å². The van der Waals surface area contributed by atoms with E-state index in [4.69, 9.17) is 16.9 Å². The number of benzene rings is 1. The van der Waals surface area contributed by atoms with E-state index in [2.05, 4.69) is 30.4 Å². The number of rotatable bonds is 5. The molecule has 2 nitrogen and oxygen atoms in total. The minimum absolute atomic E-state index is 0.285. The number of nitrogens with zero attached hydrogens (tertiary/aromatic N) is 1. The van der Waals surface area contributed by atoms with E-state index in [0.717, 1.165) is 18.0 Å². The third-order valence-corrected chi connectivity index (χ3v) is 5.01. The Labute approximate surface area is 127 Å². The predicted molar refractivity (Wildman–Crippen MR) is 83.5 cm³/mol. The Morgan fingerprint density at radius 1 is 1.30 bits per heavy atom. The Balaban J connectivity index is 1.80. The normalized spacial score (nSPS) is 26.1. The van der Waals surface area contributed by atoms with E-state index < -0.39 is 0 Å². The standard InChI is InChI=1S/C17H23ClN2/c1-2-17(11-12-19)9-7-16(8-10-17)20-13-14-3-5-15(18)6-4-14/h3-6,16,20H,2,7-11,13H2,1H3/t16-,17+. The second-order valence-electron chi connectivity index (χ2n) is 5.97. The lowest BCUT2D eigenvalue weighted by molar-refractivity contribution is 0.159. The lowest BCUT2D eigenvalue weighted by atomic mass is 9.69. The average molecular weight is 291 g/mol. The maximum Gasteiger partial charge on any atom is 0.0627 e. The molecular weight excluding hydrogens is 268 g/mol. The van der Waals surface area contributed by atoms with E-state index in [0.29, 0.717) is 12.5 Å². The third-order valence-electron chi connectivity index (χ3n) is 4.76. The van der Waals surface area contributed by atoms with Gasteiger partial charge in [0.1, 0.15) is 0 Å². The van der Waals surface area contributed by atoms with Crippen molar-refractivity contribution in [1.29, 1.82) is 5.26 Å². The molecule has 3 heteroatoms. The summed E-state index contributed by atoms with van der Waals surface area (Å²) in [4.78, 5) is 0. The monoisotopic (exact) mass is 290 g/mol. The molecule has 0 unspecified atom stereocenters. The summed E-state index contributed by atoms with van der Waals surface area (Å²) < 4.78 is 0. The molecule has 1 aliphatic rings. The summed E-state index contributed by atoms with van der Waals surface area (Å²) in [6.45, 7) is 3.12. The highest BCUT2D eigenvalue weighted by molar-refractivity contribution is 6.30. The highest BCUT2D eigenvalue weighted by Crippen LogP contribution is 2.41. The van der Waals surface area contributed by atoms with E-state index in [1.165, 1.54) is 31.2 Å². The maximum absolute atomic E-state index is 8.98. The van der Waals surface area contributed by atoms with Crippen molar-refractivity contribution in [3.05, 3.63) is 34.9 Å². The van der Waals surface area contributed by atoms with Crippen molar-refractivity contribution in [2.45, 2.75) is 58.0 Å². The van der Waals surface area contributed by atoms with Crippen molar-refractivity contribution < 1.29 is 0 Å². The molecule has 0 saturated heterocycles. The van der Waals surface area contributed by atoms with Crippen LogP contribution in [0.4, 0.5) is 0 Å². The molecule has 20 heavy (non-hydrogen) atoms. The number of hydrogen-bond donors (Lipinski definition) is 1. The van der Waals surface area contributed by atoms with Crippen LogP contribution < -0.4 is 5.32 Å². The van der Waals surface area contributed by atoms with Gasteiger partial charge in [-0.25, -0.2) is 0 Å². The number of halogens is 1. The highest BCUT2D eigenvalue weighted by Gasteiger charge is 2.33. The van der Waals surface area contributed by atoms with E-state index in [9.17, 15) is 0 Å². The first-order valence-corrected chi connectivity index (χ1v) is 7.90. The van der Waals surface area contributed by atoms with Crippen LogP contribution in [0.1, 0.15) is 51.0 Å². The highest BCUT2D eigenvalue weighted by atomic mass is 35.5. The zero-order valence-corrected chi connectivity index (χ0v) is 12.9. The van der Waals surface area contributed by atoms with Crippen LogP contribution in [0.3, 0.4) is 0 Å². The second kappa shape index (κ2) is 7.11. The Morgan fingerprint density at radius 3 is 2.50 bits per heavy atom. The molecule has 1 saturated carbocycles. The molecule has 0 aliphatic heterocycles. The molecule has 1 aromatic carbocycles. The summed E-state index contributed by atoms with van der Waals surface area (Å²) in [5, 5.41) is 13.4. The molecule has 0 bridgehead atoms. The lowest BCUT2D eigenvalue weighted by Gasteiger charge is -2.38. The van der Waals surface area contributed by atoms with Crippen molar-refractivity contribution in [2.24, 2.45) is 5.41 Å². The topological polar surface area (TPSA) is 35.8 Å². The van der Waals surface area contributed by atoms with Gasteiger partial charge in [-0.15, -0.1) is 0 Å². The van der Waals surface area contributed by atoms with Crippen LogP contribution in [0, 0.1) is 16.7 Å². The number of hydrogen-bond acceptors (Lipinski definition) is 2. The SMILES string of the molecule is CC[C@]1(CC#N)CC[C@@H](NCc2ccc(Cl)cc2)CC1. The Morgan fingerprint density at radius 2 is 1.95 bits per heavy atom. The van der Waals surface area contributed by atoms with Gasteiger partial charge in [0.2, 0.25) is 0 Å². The Kier molecular flexibility index (Phi) is 5.46. The summed E-state index contributed by atoms with van der Waals surface area (Å²) in [5.74, 6) is 0. The van der Waals surface area contributed by atoms with Crippen molar-refractivity contribution in [2.75, 3.05) is 0 Å². The van der Waals surface area contributed by atoms with Crippen LogP contribution in [-0.4, -0.2) is 6.04 Å². The van der Waals surface area contributed by atoms with E-state index >= 15 is 0 Å². The summed E-state index contributed by atoms with van der Waals surface area (Å²) in [6, 6.07) is 11.0. The molecule has 0 radical (unpaired) electrons. The minimum Gasteiger partial charge on any atom is -0.310 e. The molecular formula is C17H23ClN2. The zero-order chi connectivity index (χ0) is 14.4. The zero-order valence-electron chi connectivity index (χ0n) is 12.2. The molecule has 1 N–H and O–H groups in total. The predicted octanol–water partition coefficient (Wildman–Crippen LogP) is 4.68. The number of nitriles is 1. The quantitative estimate of drug-likeness (QED) is 0.854. The van der Waals surface area contributed by atoms with Crippen LogP contribution in [0.2, 0.25) is 5.02 Å². The largest absolute Gasteiger partial charge is 0.310 e. The smallest absolute Gasteiger partial charge is 0.0627 e. The molecule has 0 aromatic heterocycles. The van der Waals surface area contributed by atoms with Crippen LogP contribution in [-0.2, 0) is 6.54 Å². The van der Waals surface area contributed by atoms with Gasteiger partial charge >= 0.3 is 0 Å². The van der Waals surface area contributed by atoms with Gasteiger partial charge in [-0.2, -0.15) is 5.26 Å². The first kappa shape index (κ1) is 15.4. The van der Waals surface area contributed by atoms with Gasteiger partial charge in [0.05, 0.1) is 6.07 Å². The van der Waals surface area contributed by atoms with Crippen molar-refractivity contribution in [3.8, 4) is 6.07 Å². The number of nitrogens with one attached hydrogen (secondary N) is 1. The van der Waals surface area contributed by atoms with Crippen LogP contribution in [0.25, 0.3) is 0 Å². The van der Waals surface area contributed by atoms with Gasteiger partial charge in [-0.3, -0.25) is 0 Å². The molecule has 0 heterocycles. The van der Waals surface area contributed by atoms with Crippen LogP contribution in [0.5, 0.6) is 0 Å². The summed E-state index contributed by atoms with van der Waals surface area (Å²) >= 11 is 5.89. The molecule has 1 aliphatic carbocycles. The van der Waals surface area contributed by atoms with Crippen LogP contribution in [0.15, 0.2) is 24.3 Å². The molecule has 108 valence electrons. The first-order chi connectivity index (χ1) is 9.67. The van der Waals surface area contributed by atoms with Crippen molar-refractivity contribution in [3.63, 3.8) is 0 Å². The maximum atomic E-state index is 8.98. The fraction of sp³-hybridized carbons (Fsp3) is 0.588. The van der Waals surface area contributed by atoms with Gasteiger partial charge in [0, 0.05) is 24.0 Å². The van der Waals surface area contributed by atoms with Gasteiger partial charge in [-0.05, 0) is 55.2 Å². The summed E-state index contributed by atoms with van der Waals surface area (Å²) in [5.41, 5.74) is 1.56. The molecule has 0 atom stereocenters. The van der Waals surface area contributed by atoms with E-state index in [-0.39, 0.29) is 5.41 Å². The summed E-state index contributed by atoms with van der Waals surface area (Å²) in [7, 11) is 0. The minimum atomic E-state index is 0.285. The lowest BCUT2D eigenvalue weighted by Crippen LogP contribution is -2.37. The average Bonchev–Trinajstić information content (AvgIpc) is 2.48. The van der Waals surface area contributed by atoms with E-state index in [1.807, 2.05) is 12.1 Å². The van der Waals surface area contributed by atoms with E-state index in [1.54, 1.807) is 0 Å². The Bertz CT molecular complexity index is 453. The van der Waals surface area contributed by atoms with Gasteiger partial charge < -0.3 is 5.32 Å². The molecule has 2 rings (SSSR count).